The zero-order chi connectivity index (χ0) is 18.8. The first-order chi connectivity index (χ1) is 12.4. The molecular formula is C19H15NO6. The summed E-state index contributed by atoms with van der Waals surface area (Å²) in [5.74, 6) is -2.15. The number of imide groups is 1. The molecule has 7 nitrogen and oxygen atoms in total. The van der Waals surface area contributed by atoms with Crippen molar-refractivity contribution in [2.45, 2.75) is 13.0 Å². The molecule has 3 rings (SSSR count). The topological polar surface area (TPSA) is 90.0 Å². The first kappa shape index (κ1) is 17.3. The highest BCUT2D eigenvalue weighted by Crippen LogP contribution is 2.25. The Bertz CT molecular complexity index is 868. The highest BCUT2D eigenvalue weighted by Gasteiger charge is 2.41. The van der Waals surface area contributed by atoms with Gasteiger partial charge in [0.2, 0.25) is 0 Å². The average Bonchev–Trinajstić information content (AvgIpc) is 2.92. The van der Waals surface area contributed by atoms with Crippen molar-refractivity contribution in [1.29, 1.82) is 0 Å². The highest BCUT2D eigenvalue weighted by atomic mass is 16.5. The molecule has 2 amide bonds. The van der Waals surface area contributed by atoms with Gasteiger partial charge in [0.25, 0.3) is 11.8 Å². The van der Waals surface area contributed by atoms with Crippen molar-refractivity contribution in [2.24, 2.45) is 0 Å². The van der Waals surface area contributed by atoms with E-state index in [4.69, 9.17) is 4.74 Å². The number of ether oxygens (including phenoxy) is 2. The van der Waals surface area contributed by atoms with Crippen LogP contribution in [0.15, 0.2) is 48.5 Å². The van der Waals surface area contributed by atoms with Gasteiger partial charge in [0.1, 0.15) is 11.8 Å². The zero-order valence-corrected chi connectivity index (χ0v) is 14.1. The SMILES string of the molecule is COC(=O)c1ccc(OC(=O)[C@@H](C)N2C(=O)c3ccccc3C2=O)cc1. The molecular weight excluding hydrogens is 338 g/mol. The van der Waals surface area contributed by atoms with Gasteiger partial charge in [-0.05, 0) is 43.3 Å². The number of carbonyl (C=O) groups excluding carboxylic acids is 4. The van der Waals surface area contributed by atoms with E-state index in [0.717, 1.165) is 4.90 Å². The van der Waals surface area contributed by atoms with Gasteiger partial charge in [-0.15, -0.1) is 0 Å². The summed E-state index contributed by atoms with van der Waals surface area (Å²) in [7, 11) is 1.26. The molecule has 132 valence electrons. The van der Waals surface area contributed by atoms with Crippen molar-refractivity contribution in [1.82, 2.24) is 4.90 Å². The fourth-order valence-corrected chi connectivity index (χ4v) is 2.64. The molecule has 7 heteroatoms. The third-order valence-corrected chi connectivity index (χ3v) is 4.05. The van der Waals surface area contributed by atoms with Crippen molar-refractivity contribution in [3.05, 3.63) is 65.2 Å². The number of fused-ring (bicyclic) bond motifs is 1. The van der Waals surface area contributed by atoms with Gasteiger partial charge in [-0.3, -0.25) is 14.5 Å². The maximum atomic E-state index is 12.4. The van der Waals surface area contributed by atoms with E-state index in [-0.39, 0.29) is 16.9 Å². The first-order valence-electron chi connectivity index (χ1n) is 7.81. The van der Waals surface area contributed by atoms with E-state index in [0.29, 0.717) is 5.56 Å². The van der Waals surface area contributed by atoms with E-state index >= 15 is 0 Å². The molecule has 0 bridgehead atoms. The van der Waals surface area contributed by atoms with Crippen LogP contribution >= 0.6 is 0 Å². The number of hydrogen-bond acceptors (Lipinski definition) is 6. The minimum atomic E-state index is -1.09. The van der Waals surface area contributed by atoms with Crippen LogP contribution in [0.4, 0.5) is 0 Å². The molecule has 0 aliphatic carbocycles. The second-order valence-electron chi connectivity index (χ2n) is 5.64. The summed E-state index contributed by atoms with van der Waals surface area (Å²) in [6, 6.07) is 11.0. The van der Waals surface area contributed by atoms with E-state index in [9.17, 15) is 19.2 Å². The Morgan fingerprint density at radius 2 is 1.46 bits per heavy atom. The average molecular weight is 353 g/mol. The van der Waals surface area contributed by atoms with E-state index in [1.165, 1.54) is 38.3 Å². The number of hydrogen-bond donors (Lipinski definition) is 0. The Morgan fingerprint density at radius 1 is 0.923 bits per heavy atom. The van der Waals surface area contributed by atoms with Gasteiger partial charge in [0, 0.05) is 0 Å². The van der Waals surface area contributed by atoms with Crippen LogP contribution in [0.1, 0.15) is 38.0 Å². The van der Waals surface area contributed by atoms with Crippen LogP contribution in [-0.4, -0.2) is 41.8 Å². The lowest BCUT2D eigenvalue weighted by Gasteiger charge is -2.20. The van der Waals surface area contributed by atoms with E-state index in [2.05, 4.69) is 4.74 Å². The molecule has 0 saturated heterocycles. The number of methoxy groups -OCH3 is 1. The first-order valence-corrected chi connectivity index (χ1v) is 7.81. The maximum Gasteiger partial charge on any atom is 0.337 e. The quantitative estimate of drug-likeness (QED) is 0.475. The van der Waals surface area contributed by atoms with Crippen molar-refractivity contribution < 1.29 is 28.7 Å². The molecule has 0 spiro atoms. The van der Waals surface area contributed by atoms with Crippen molar-refractivity contribution >= 4 is 23.8 Å². The van der Waals surface area contributed by atoms with Gasteiger partial charge in [-0.25, -0.2) is 9.59 Å². The van der Waals surface area contributed by atoms with Crippen LogP contribution in [0.5, 0.6) is 5.75 Å². The smallest absolute Gasteiger partial charge is 0.337 e. The molecule has 0 aromatic heterocycles. The number of nitrogens with zero attached hydrogens (tertiary/aromatic N) is 1. The third-order valence-electron chi connectivity index (χ3n) is 4.05. The van der Waals surface area contributed by atoms with Crippen LogP contribution < -0.4 is 4.74 Å². The van der Waals surface area contributed by atoms with Crippen LogP contribution in [0.2, 0.25) is 0 Å². The van der Waals surface area contributed by atoms with Gasteiger partial charge in [-0.1, -0.05) is 12.1 Å². The summed E-state index contributed by atoms with van der Waals surface area (Å²) in [6.07, 6.45) is 0. The largest absolute Gasteiger partial charge is 0.465 e. The van der Waals surface area contributed by atoms with Gasteiger partial charge < -0.3 is 9.47 Å². The second-order valence-corrected chi connectivity index (χ2v) is 5.64. The number of amides is 2. The monoisotopic (exact) mass is 353 g/mol. The number of benzene rings is 2. The van der Waals surface area contributed by atoms with Gasteiger partial charge in [0.05, 0.1) is 23.8 Å². The lowest BCUT2D eigenvalue weighted by atomic mass is 10.1. The summed E-state index contributed by atoms with van der Waals surface area (Å²) in [4.78, 5) is 49.4. The van der Waals surface area contributed by atoms with Crippen LogP contribution in [0.25, 0.3) is 0 Å². The number of carbonyl (C=O) groups is 4. The van der Waals surface area contributed by atoms with Crippen molar-refractivity contribution in [3.8, 4) is 5.75 Å². The lowest BCUT2D eigenvalue weighted by molar-refractivity contribution is -0.138. The molecule has 1 atom stereocenters. The summed E-state index contributed by atoms with van der Waals surface area (Å²) in [6.45, 7) is 1.42. The number of rotatable bonds is 4. The van der Waals surface area contributed by atoms with E-state index < -0.39 is 29.8 Å². The summed E-state index contributed by atoms with van der Waals surface area (Å²) in [5.41, 5.74) is 0.833. The third kappa shape index (κ3) is 2.95. The Kier molecular flexibility index (Phi) is 4.53. The van der Waals surface area contributed by atoms with E-state index in [1.807, 2.05) is 0 Å². The fourth-order valence-electron chi connectivity index (χ4n) is 2.64. The van der Waals surface area contributed by atoms with Crippen LogP contribution in [-0.2, 0) is 9.53 Å². The molecule has 2 aromatic rings. The Morgan fingerprint density at radius 3 is 1.96 bits per heavy atom. The van der Waals surface area contributed by atoms with Gasteiger partial charge in [0.15, 0.2) is 0 Å². The van der Waals surface area contributed by atoms with Crippen LogP contribution in [0, 0.1) is 0 Å². The van der Waals surface area contributed by atoms with Crippen LogP contribution in [0.3, 0.4) is 0 Å². The Labute approximate surface area is 149 Å². The molecule has 0 fully saturated rings. The highest BCUT2D eigenvalue weighted by molar-refractivity contribution is 6.22. The molecule has 0 unspecified atom stereocenters. The zero-order valence-electron chi connectivity index (χ0n) is 14.1. The molecule has 0 N–H and O–H groups in total. The predicted molar refractivity (Wildman–Crippen MR) is 89.8 cm³/mol. The van der Waals surface area contributed by atoms with Gasteiger partial charge >= 0.3 is 11.9 Å². The Balaban J connectivity index is 1.74. The molecule has 1 aliphatic rings. The van der Waals surface area contributed by atoms with Crippen molar-refractivity contribution in [3.63, 3.8) is 0 Å². The minimum Gasteiger partial charge on any atom is -0.465 e. The minimum absolute atomic E-state index is 0.186. The molecule has 0 saturated carbocycles. The number of esters is 2. The van der Waals surface area contributed by atoms with Gasteiger partial charge in [-0.2, -0.15) is 0 Å². The fraction of sp³-hybridized carbons (Fsp3) is 0.158. The predicted octanol–water partition coefficient (Wildman–Crippen LogP) is 2.06. The summed E-state index contributed by atoms with van der Waals surface area (Å²) < 4.78 is 9.80. The molecule has 2 aromatic carbocycles. The molecule has 1 aliphatic heterocycles. The second kappa shape index (κ2) is 6.79. The summed E-state index contributed by atoms with van der Waals surface area (Å²) in [5, 5.41) is 0. The van der Waals surface area contributed by atoms with Crippen molar-refractivity contribution in [2.75, 3.05) is 7.11 Å². The molecule has 26 heavy (non-hydrogen) atoms. The normalized spacial score (nSPS) is 14.0. The summed E-state index contributed by atoms with van der Waals surface area (Å²) >= 11 is 0. The molecule has 1 heterocycles. The lowest BCUT2D eigenvalue weighted by Crippen LogP contribution is -2.44. The standard InChI is InChI=1S/C19H15NO6/c1-11(20-16(21)14-5-3-4-6-15(14)17(20)22)18(23)26-13-9-7-12(8-10-13)19(24)25-2/h3-11H,1-2H3/t11-/m1/s1. The maximum absolute atomic E-state index is 12.4. The molecule has 0 radical (unpaired) electrons. The Hall–Kier alpha value is -3.48. The van der Waals surface area contributed by atoms with E-state index in [1.54, 1.807) is 24.3 Å².